The third kappa shape index (κ3) is 1.68. The molecule has 13 heavy (non-hydrogen) atoms. The van der Waals surface area contributed by atoms with E-state index in [1.165, 1.54) is 12.8 Å². The maximum Gasteiger partial charge on any atom is 0.140 e. The lowest BCUT2D eigenvalue weighted by molar-refractivity contribution is 0.631. The van der Waals surface area contributed by atoms with Gasteiger partial charge in [-0.05, 0) is 30.4 Å². The van der Waals surface area contributed by atoms with Gasteiger partial charge in [-0.15, -0.1) is 0 Å². The fourth-order valence-corrected chi connectivity index (χ4v) is 1.40. The van der Waals surface area contributed by atoms with Gasteiger partial charge in [-0.2, -0.15) is 5.26 Å². The molecular formula is C10H11N3. The molecule has 1 aliphatic rings. The molecule has 0 aliphatic heterocycles. The number of rotatable bonds is 2. The van der Waals surface area contributed by atoms with Gasteiger partial charge in [-0.25, -0.2) is 4.98 Å². The topological polar surface area (TPSA) is 62.7 Å². The molecule has 0 bridgehead atoms. The van der Waals surface area contributed by atoms with Crippen molar-refractivity contribution in [3.05, 3.63) is 29.6 Å². The second-order valence-electron chi connectivity index (χ2n) is 3.45. The van der Waals surface area contributed by atoms with Crippen molar-refractivity contribution in [3.63, 3.8) is 0 Å². The lowest BCUT2D eigenvalue weighted by Gasteiger charge is -2.08. The molecule has 0 spiro atoms. The second-order valence-corrected chi connectivity index (χ2v) is 3.45. The molecule has 1 saturated carbocycles. The molecule has 1 unspecified atom stereocenters. The Morgan fingerprint density at radius 2 is 2.31 bits per heavy atom. The Hall–Kier alpha value is -1.40. The van der Waals surface area contributed by atoms with Gasteiger partial charge in [0, 0.05) is 12.2 Å². The van der Waals surface area contributed by atoms with Crippen LogP contribution in [0, 0.1) is 17.2 Å². The van der Waals surface area contributed by atoms with Crippen LogP contribution in [0.25, 0.3) is 0 Å². The van der Waals surface area contributed by atoms with Crippen LogP contribution in [-0.2, 0) is 0 Å². The minimum atomic E-state index is 0.111. The third-order valence-electron chi connectivity index (χ3n) is 2.42. The number of hydrogen-bond acceptors (Lipinski definition) is 3. The van der Waals surface area contributed by atoms with Crippen molar-refractivity contribution in [2.24, 2.45) is 11.7 Å². The minimum absolute atomic E-state index is 0.111. The van der Waals surface area contributed by atoms with Gasteiger partial charge < -0.3 is 5.73 Å². The van der Waals surface area contributed by atoms with E-state index in [2.05, 4.69) is 4.98 Å². The molecule has 1 atom stereocenters. The van der Waals surface area contributed by atoms with E-state index >= 15 is 0 Å². The van der Waals surface area contributed by atoms with E-state index in [0.717, 1.165) is 5.56 Å². The molecule has 1 aliphatic carbocycles. The summed E-state index contributed by atoms with van der Waals surface area (Å²) in [6.07, 6.45) is 4.16. The maximum absolute atomic E-state index is 8.54. The highest BCUT2D eigenvalue weighted by molar-refractivity contribution is 5.25. The van der Waals surface area contributed by atoms with Crippen LogP contribution < -0.4 is 5.73 Å². The van der Waals surface area contributed by atoms with Gasteiger partial charge in [0.1, 0.15) is 11.8 Å². The Bertz CT molecular complexity index is 332. The molecule has 66 valence electrons. The molecule has 2 rings (SSSR count). The summed E-state index contributed by atoms with van der Waals surface area (Å²) in [6.45, 7) is 0. The summed E-state index contributed by atoms with van der Waals surface area (Å²) in [7, 11) is 0. The Balaban J connectivity index is 2.17. The van der Waals surface area contributed by atoms with Gasteiger partial charge >= 0.3 is 0 Å². The zero-order valence-electron chi connectivity index (χ0n) is 7.27. The number of nitriles is 1. The van der Waals surface area contributed by atoms with Crippen LogP contribution in [0.15, 0.2) is 18.3 Å². The van der Waals surface area contributed by atoms with E-state index in [4.69, 9.17) is 11.0 Å². The molecule has 2 N–H and O–H groups in total. The van der Waals surface area contributed by atoms with Gasteiger partial charge in [0.2, 0.25) is 0 Å². The highest BCUT2D eigenvalue weighted by atomic mass is 14.7. The lowest BCUT2D eigenvalue weighted by atomic mass is 10.1. The molecule has 3 heteroatoms. The fraction of sp³-hybridized carbons (Fsp3) is 0.400. The monoisotopic (exact) mass is 173 g/mol. The van der Waals surface area contributed by atoms with E-state index in [0.29, 0.717) is 11.6 Å². The van der Waals surface area contributed by atoms with Crippen molar-refractivity contribution in [2.45, 2.75) is 18.9 Å². The molecule has 0 saturated heterocycles. The van der Waals surface area contributed by atoms with Crippen LogP contribution >= 0.6 is 0 Å². The first-order valence-corrected chi connectivity index (χ1v) is 4.43. The number of aromatic nitrogens is 1. The molecule has 1 aromatic rings. The summed E-state index contributed by atoms with van der Waals surface area (Å²) in [6, 6.07) is 5.71. The zero-order valence-corrected chi connectivity index (χ0v) is 7.27. The smallest absolute Gasteiger partial charge is 0.140 e. The third-order valence-corrected chi connectivity index (χ3v) is 2.42. The van der Waals surface area contributed by atoms with E-state index in [1.807, 2.05) is 12.1 Å². The maximum atomic E-state index is 8.54. The molecule has 1 aromatic heterocycles. The van der Waals surface area contributed by atoms with Crippen LogP contribution in [0.1, 0.15) is 30.1 Å². The largest absolute Gasteiger partial charge is 0.324 e. The van der Waals surface area contributed by atoms with Gasteiger partial charge in [0.25, 0.3) is 0 Å². The van der Waals surface area contributed by atoms with Gasteiger partial charge in [0.05, 0.1) is 0 Å². The second kappa shape index (κ2) is 3.15. The van der Waals surface area contributed by atoms with Gasteiger partial charge in [-0.3, -0.25) is 0 Å². The highest BCUT2D eigenvalue weighted by Crippen LogP contribution is 2.39. The minimum Gasteiger partial charge on any atom is -0.324 e. The standard InChI is InChI=1S/C10H11N3/c11-5-9-4-3-8(6-13-9)10(12)7-1-2-7/h3-4,6-7,10H,1-2,12H2. The van der Waals surface area contributed by atoms with Crippen molar-refractivity contribution in [1.29, 1.82) is 5.26 Å². The van der Waals surface area contributed by atoms with E-state index in [1.54, 1.807) is 12.3 Å². The summed E-state index contributed by atoms with van der Waals surface area (Å²) >= 11 is 0. The summed E-state index contributed by atoms with van der Waals surface area (Å²) < 4.78 is 0. The molecular weight excluding hydrogens is 162 g/mol. The Kier molecular flexibility index (Phi) is 1.99. The predicted octanol–water partition coefficient (Wildman–Crippen LogP) is 1.36. The summed E-state index contributed by atoms with van der Waals surface area (Å²) in [5.74, 6) is 0.634. The predicted molar refractivity (Wildman–Crippen MR) is 48.6 cm³/mol. The van der Waals surface area contributed by atoms with Crippen molar-refractivity contribution >= 4 is 0 Å². The first-order chi connectivity index (χ1) is 6.31. The summed E-state index contributed by atoms with van der Waals surface area (Å²) in [5.41, 5.74) is 7.46. The summed E-state index contributed by atoms with van der Waals surface area (Å²) in [5, 5.41) is 8.54. The van der Waals surface area contributed by atoms with Gasteiger partial charge in [0.15, 0.2) is 0 Å². The molecule has 1 fully saturated rings. The van der Waals surface area contributed by atoms with Crippen molar-refractivity contribution in [2.75, 3.05) is 0 Å². The normalized spacial score (nSPS) is 17.8. The van der Waals surface area contributed by atoms with Crippen molar-refractivity contribution in [1.82, 2.24) is 4.98 Å². The fourth-order valence-electron chi connectivity index (χ4n) is 1.40. The molecule has 0 aromatic carbocycles. The first-order valence-electron chi connectivity index (χ1n) is 4.43. The van der Waals surface area contributed by atoms with Gasteiger partial charge in [-0.1, -0.05) is 6.07 Å². The SMILES string of the molecule is N#Cc1ccc(C(N)C2CC2)cn1. The first kappa shape index (κ1) is 8.21. The summed E-state index contributed by atoms with van der Waals surface area (Å²) in [4.78, 5) is 3.99. The molecule has 3 nitrogen and oxygen atoms in total. The van der Waals surface area contributed by atoms with E-state index < -0.39 is 0 Å². The van der Waals surface area contributed by atoms with Crippen LogP contribution in [-0.4, -0.2) is 4.98 Å². The van der Waals surface area contributed by atoms with Crippen molar-refractivity contribution in [3.8, 4) is 6.07 Å². The van der Waals surface area contributed by atoms with Crippen LogP contribution in [0.3, 0.4) is 0 Å². The number of nitrogens with zero attached hydrogens (tertiary/aromatic N) is 2. The lowest BCUT2D eigenvalue weighted by Crippen LogP contribution is -2.12. The molecule has 0 amide bonds. The Morgan fingerprint density at radius 3 is 2.77 bits per heavy atom. The molecule has 0 radical (unpaired) electrons. The average Bonchev–Trinajstić information content (AvgIpc) is 3.00. The Morgan fingerprint density at radius 1 is 1.54 bits per heavy atom. The van der Waals surface area contributed by atoms with E-state index in [9.17, 15) is 0 Å². The average molecular weight is 173 g/mol. The van der Waals surface area contributed by atoms with Crippen LogP contribution in [0.5, 0.6) is 0 Å². The number of nitrogens with two attached hydrogens (primary N) is 1. The molecule has 1 heterocycles. The quantitative estimate of drug-likeness (QED) is 0.734. The Labute approximate surface area is 77.2 Å². The van der Waals surface area contributed by atoms with Crippen LogP contribution in [0.2, 0.25) is 0 Å². The van der Waals surface area contributed by atoms with Crippen LogP contribution in [0.4, 0.5) is 0 Å². The number of hydrogen-bond donors (Lipinski definition) is 1. The zero-order chi connectivity index (χ0) is 9.26. The van der Waals surface area contributed by atoms with Crippen molar-refractivity contribution < 1.29 is 0 Å². The van der Waals surface area contributed by atoms with E-state index in [-0.39, 0.29) is 6.04 Å². The number of pyridine rings is 1. The highest BCUT2D eigenvalue weighted by Gasteiger charge is 2.29.